The fourth-order valence-corrected chi connectivity index (χ4v) is 5.79. The molecule has 26 heavy (non-hydrogen) atoms. The largest absolute Gasteiger partial charge is 0.493 e. The van der Waals surface area contributed by atoms with Gasteiger partial charge >= 0.3 is 0 Å². The van der Waals surface area contributed by atoms with Gasteiger partial charge in [0.2, 0.25) is 5.75 Å². The van der Waals surface area contributed by atoms with Crippen LogP contribution in [0.1, 0.15) is 50.4 Å². The van der Waals surface area contributed by atoms with Gasteiger partial charge in [-0.2, -0.15) is 0 Å². The smallest absolute Gasteiger partial charge is 0.252 e. The highest BCUT2D eigenvalue weighted by Gasteiger charge is 2.59. The molecule has 3 rings (SSSR count). The molecule has 1 aromatic rings. The second-order valence-electron chi connectivity index (χ2n) is 8.33. The van der Waals surface area contributed by atoms with Crippen LogP contribution in [0.15, 0.2) is 10.5 Å². The van der Waals surface area contributed by atoms with Crippen molar-refractivity contribution in [2.45, 2.75) is 46.1 Å². The molecule has 1 aromatic carbocycles. The number of nitrogens with one attached hydrogen (secondary N) is 1. The maximum absolute atomic E-state index is 13.2. The number of benzene rings is 1. The van der Waals surface area contributed by atoms with Crippen molar-refractivity contribution < 1.29 is 19.0 Å². The molecule has 0 saturated heterocycles. The van der Waals surface area contributed by atoms with Crippen molar-refractivity contribution in [3.63, 3.8) is 0 Å². The summed E-state index contributed by atoms with van der Waals surface area (Å²) in [4.78, 5) is 13.2. The number of rotatable bonds is 5. The molecule has 5 nitrogen and oxygen atoms in total. The van der Waals surface area contributed by atoms with Gasteiger partial charge in [-0.3, -0.25) is 4.79 Å². The molecular formula is C20H28BrNO4. The average Bonchev–Trinajstić information content (AvgIpc) is 3.08. The van der Waals surface area contributed by atoms with Gasteiger partial charge in [-0.1, -0.05) is 20.8 Å². The molecule has 6 heteroatoms. The number of fused-ring (bicyclic) bond motifs is 2. The van der Waals surface area contributed by atoms with Crippen LogP contribution in [0.5, 0.6) is 17.2 Å². The maximum Gasteiger partial charge on any atom is 0.252 e. The van der Waals surface area contributed by atoms with Gasteiger partial charge < -0.3 is 19.5 Å². The van der Waals surface area contributed by atoms with Gasteiger partial charge in [0, 0.05) is 6.04 Å². The van der Waals surface area contributed by atoms with Gasteiger partial charge in [0.05, 0.1) is 31.4 Å². The van der Waals surface area contributed by atoms with Crippen LogP contribution in [-0.4, -0.2) is 33.3 Å². The van der Waals surface area contributed by atoms with E-state index in [2.05, 4.69) is 42.0 Å². The molecule has 0 spiro atoms. The van der Waals surface area contributed by atoms with Crippen LogP contribution in [-0.2, 0) is 0 Å². The fourth-order valence-electron chi connectivity index (χ4n) is 5.16. The van der Waals surface area contributed by atoms with Crippen LogP contribution >= 0.6 is 15.9 Å². The normalized spacial score (nSPS) is 28.7. The van der Waals surface area contributed by atoms with Gasteiger partial charge in [0.1, 0.15) is 0 Å². The van der Waals surface area contributed by atoms with Crippen LogP contribution < -0.4 is 19.5 Å². The van der Waals surface area contributed by atoms with Gasteiger partial charge in [0.15, 0.2) is 11.5 Å². The van der Waals surface area contributed by atoms with E-state index in [0.29, 0.717) is 33.2 Å². The number of hydrogen-bond donors (Lipinski definition) is 1. The number of ether oxygens (including phenoxy) is 3. The number of carbonyl (C=O) groups is 1. The van der Waals surface area contributed by atoms with E-state index in [0.717, 1.165) is 0 Å². The first-order valence-electron chi connectivity index (χ1n) is 8.99. The van der Waals surface area contributed by atoms with Gasteiger partial charge in [-0.25, -0.2) is 0 Å². The molecular weight excluding hydrogens is 398 g/mol. The van der Waals surface area contributed by atoms with Crippen molar-refractivity contribution in [2.75, 3.05) is 21.3 Å². The highest BCUT2D eigenvalue weighted by atomic mass is 79.9. The lowest BCUT2D eigenvalue weighted by Crippen LogP contribution is -2.52. The number of hydrogen-bond acceptors (Lipinski definition) is 4. The Balaban J connectivity index is 1.96. The van der Waals surface area contributed by atoms with Crippen molar-refractivity contribution in [2.24, 2.45) is 16.7 Å². The molecule has 0 unspecified atom stereocenters. The van der Waals surface area contributed by atoms with E-state index in [1.807, 2.05) is 0 Å². The second-order valence-corrected chi connectivity index (χ2v) is 9.12. The predicted octanol–water partition coefficient (Wildman–Crippen LogP) is 4.42. The van der Waals surface area contributed by atoms with E-state index in [1.165, 1.54) is 19.3 Å². The van der Waals surface area contributed by atoms with Crippen molar-refractivity contribution in [3.05, 3.63) is 16.1 Å². The lowest BCUT2D eigenvalue weighted by atomic mass is 9.68. The zero-order valence-corrected chi connectivity index (χ0v) is 18.0. The summed E-state index contributed by atoms with van der Waals surface area (Å²) < 4.78 is 16.8. The lowest BCUT2D eigenvalue weighted by Gasteiger charge is -2.43. The Morgan fingerprint density at radius 1 is 1.15 bits per heavy atom. The number of amides is 1. The minimum absolute atomic E-state index is 0.0930. The Morgan fingerprint density at radius 2 is 1.81 bits per heavy atom. The molecule has 0 aromatic heterocycles. The van der Waals surface area contributed by atoms with Crippen molar-refractivity contribution in [3.8, 4) is 17.2 Å². The third kappa shape index (κ3) is 2.77. The van der Waals surface area contributed by atoms with Crippen LogP contribution in [0.3, 0.4) is 0 Å². The fraction of sp³-hybridized carbons (Fsp3) is 0.650. The maximum atomic E-state index is 13.2. The summed E-state index contributed by atoms with van der Waals surface area (Å²) in [6.45, 7) is 6.85. The van der Waals surface area contributed by atoms with Crippen LogP contribution in [0.2, 0.25) is 0 Å². The monoisotopic (exact) mass is 425 g/mol. The standard InChI is InChI=1S/C20H28BrNO4/c1-19(2)11-7-8-20(3,10-11)18(19)22-17(23)12-9-13(24-4)15(25-5)16(26-6)14(12)21/h9,11,18H,7-8,10H2,1-6H3,(H,22,23)/t11-,18+,20+/m0/s1. The predicted molar refractivity (Wildman–Crippen MR) is 104 cm³/mol. The highest BCUT2D eigenvalue weighted by Crippen LogP contribution is 2.62. The molecule has 0 heterocycles. The molecule has 144 valence electrons. The molecule has 2 bridgehead atoms. The number of methoxy groups -OCH3 is 3. The number of halogens is 1. The molecule has 2 aliphatic carbocycles. The lowest BCUT2D eigenvalue weighted by molar-refractivity contribution is 0.0736. The summed E-state index contributed by atoms with van der Waals surface area (Å²) in [7, 11) is 4.64. The van der Waals surface area contributed by atoms with Gasteiger partial charge in [-0.05, 0) is 58.0 Å². The first kappa shape index (κ1) is 19.3. The van der Waals surface area contributed by atoms with Crippen LogP contribution in [0, 0.1) is 16.7 Å². The van der Waals surface area contributed by atoms with E-state index in [-0.39, 0.29) is 22.8 Å². The van der Waals surface area contributed by atoms with Gasteiger partial charge in [0.25, 0.3) is 5.91 Å². The molecule has 2 saturated carbocycles. The highest BCUT2D eigenvalue weighted by molar-refractivity contribution is 9.10. The minimum Gasteiger partial charge on any atom is -0.493 e. The van der Waals surface area contributed by atoms with E-state index in [4.69, 9.17) is 14.2 Å². The van der Waals surface area contributed by atoms with Crippen LogP contribution in [0.4, 0.5) is 0 Å². The van der Waals surface area contributed by atoms with Crippen molar-refractivity contribution >= 4 is 21.8 Å². The van der Waals surface area contributed by atoms with E-state index in [1.54, 1.807) is 27.4 Å². The zero-order valence-electron chi connectivity index (χ0n) is 16.4. The second kappa shape index (κ2) is 6.63. The molecule has 0 aliphatic heterocycles. The summed E-state index contributed by atoms with van der Waals surface area (Å²) >= 11 is 3.51. The van der Waals surface area contributed by atoms with Crippen molar-refractivity contribution in [1.82, 2.24) is 5.32 Å². The Kier molecular flexibility index (Phi) is 4.93. The van der Waals surface area contributed by atoms with E-state index < -0.39 is 0 Å². The van der Waals surface area contributed by atoms with Gasteiger partial charge in [-0.15, -0.1) is 0 Å². The van der Waals surface area contributed by atoms with E-state index >= 15 is 0 Å². The summed E-state index contributed by atoms with van der Waals surface area (Å²) in [6.07, 6.45) is 3.60. The Labute approximate surface area is 163 Å². The molecule has 0 radical (unpaired) electrons. The molecule has 2 aliphatic rings. The summed E-state index contributed by atoms with van der Waals surface area (Å²) in [5.74, 6) is 1.93. The molecule has 1 amide bonds. The van der Waals surface area contributed by atoms with Crippen molar-refractivity contribution in [1.29, 1.82) is 0 Å². The molecule has 3 atom stereocenters. The summed E-state index contributed by atoms with van der Waals surface area (Å²) in [5.41, 5.74) is 0.744. The Morgan fingerprint density at radius 3 is 2.31 bits per heavy atom. The zero-order chi connectivity index (χ0) is 19.3. The first-order valence-corrected chi connectivity index (χ1v) is 9.78. The summed E-state index contributed by atoms with van der Waals surface area (Å²) in [6, 6.07) is 1.84. The topological polar surface area (TPSA) is 56.8 Å². The number of carbonyl (C=O) groups excluding carboxylic acids is 1. The average molecular weight is 426 g/mol. The Hall–Kier alpha value is -1.43. The third-order valence-corrected chi connectivity index (χ3v) is 7.35. The SMILES string of the molecule is COc1cc(C(=O)N[C@@H]2C(C)(C)[C@H]3CC[C@]2(C)C3)c(Br)c(OC)c1OC. The molecule has 1 N–H and O–H groups in total. The van der Waals surface area contributed by atoms with E-state index in [9.17, 15) is 4.79 Å². The first-order chi connectivity index (χ1) is 12.2. The summed E-state index contributed by atoms with van der Waals surface area (Å²) in [5, 5.41) is 3.32. The third-order valence-electron chi connectivity index (χ3n) is 6.56. The molecule has 2 fully saturated rings. The quantitative estimate of drug-likeness (QED) is 0.758. The Bertz CT molecular complexity index is 728. The van der Waals surface area contributed by atoms with Crippen LogP contribution in [0.25, 0.3) is 0 Å². The minimum atomic E-state index is -0.122.